The van der Waals surface area contributed by atoms with Gasteiger partial charge in [0, 0.05) is 26.7 Å². The fourth-order valence-corrected chi connectivity index (χ4v) is 1.74. The van der Waals surface area contributed by atoms with Crippen molar-refractivity contribution >= 4 is 18.3 Å². The number of methoxy groups -OCH3 is 1. The van der Waals surface area contributed by atoms with Crippen LogP contribution >= 0.6 is 12.4 Å². The van der Waals surface area contributed by atoms with Gasteiger partial charge >= 0.3 is 0 Å². The Balaban J connectivity index is 0.00000441. The maximum Gasteiger partial charge on any atom is 0.223 e. The van der Waals surface area contributed by atoms with Crippen molar-refractivity contribution in [2.24, 2.45) is 0 Å². The number of amides is 1. The number of hydrogen-bond donors (Lipinski definition) is 2. The van der Waals surface area contributed by atoms with Crippen LogP contribution in [0, 0.1) is 13.8 Å². The highest BCUT2D eigenvalue weighted by Gasteiger charge is 2.02. The lowest BCUT2D eigenvalue weighted by Gasteiger charge is -2.09. The average molecular weight is 331 g/mol. The van der Waals surface area contributed by atoms with E-state index in [9.17, 15) is 4.79 Å². The fourth-order valence-electron chi connectivity index (χ4n) is 1.74. The number of hydrogen-bond acceptors (Lipinski definition) is 4. The predicted octanol–water partition coefficient (Wildman–Crippen LogP) is 1.85. The van der Waals surface area contributed by atoms with Gasteiger partial charge in [-0.25, -0.2) is 0 Å². The highest BCUT2D eigenvalue weighted by Crippen LogP contribution is 2.16. The van der Waals surface area contributed by atoms with E-state index in [1.165, 1.54) is 11.1 Å². The number of nitrogens with one attached hydrogen (secondary N) is 2. The van der Waals surface area contributed by atoms with E-state index in [0.717, 1.165) is 18.8 Å². The number of rotatable bonds is 10. The van der Waals surface area contributed by atoms with E-state index in [1.54, 1.807) is 7.11 Å². The molecule has 1 aromatic rings. The van der Waals surface area contributed by atoms with Gasteiger partial charge in [0.2, 0.25) is 5.91 Å². The summed E-state index contributed by atoms with van der Waals surface area (Å²) in [6.45, 7) is 7.34. The molecule has 0 aromatic heterocycles. The van der Waals surface area contributed by atoms with Crippen molar-refractivity contribution in [3.63, 3.8) is 0 Å². The van der Waals surface area contributed by atoms with Gasteiger partial charge in [-0.3, -0.25) is 4.79 Å². The highest BCUT2D eigenvalue weighted by molar-refractivity contribution is 5.85. The summed E-state index contributed by atoms with van der Waals surface area (Å²) in [5.74, 6) is 0.819. The van der Waals surface area contributed by atoms with Crippen LogP contribution in [-0.4, -0.2) is 45.9 Å². The molecule has 0 unspecified atom stereocenters. The van der Waals surface area contributed by atoms with Gasteiger partial charge in [-0.15, -0.1) is 12.4 Å². The number of halogens is 1. The first kappa shape index (κ1) is 20.7. The van der Waals surface area contributed by atoms with Crippen LogP contribution in [0.5, 0.6) is 5.75 Å². The Hall–Kier alpha value is -1.30. The number of ether oxygens (including phenoxy) is 2. The Bertz CT molecular complexity index is 441. The second kappa shape index (κ2) is 12.3. The molecule has 126 valence electrons. The average Bonchev–Trinajstić information content (AvgIpc) is 2.46. The lowest BCUT2D eigenvalue weighted by Crippen LogP contribution is -2.33. The molecule has 0 saturated carbocycles. The first-order valence-corrected chi connectivity index (χ1v) is 7.30. The molecule has 0 aliphatic heterocycles. The van der Waals surface area contributed by atoms with Gasteiger partial charge in [0.1, 0.15) is 5.75 Å². The van der Waals surface area contributed by atoms with Crippen molar-refractivity contribution in [3.8, 4) is 5.75 Å². The highest BCUT2D eigenvalue weighted by atomic mass is 35.5. The van der Waals surface area contributed by atoms with Crippen LogP contribution in [-0.2, 0) is 9.53 Å². The lowest BCUT2D eigenvalue weighted by molar-refractivity contribution is -0.121. The van der Waals surface area contributed by atoms with Crippen LogP contribution in [0.4, 0.5) is 0 Å². The second-order valence-electron chi connectivity index (χ2n) is 4.94. The summed E-state index contributed by atoms with van der Waals surface area (Å²) >= 11 is 0. The molecule has 1 rings (SSSR count). The topological polar surface area (TPSA) is 59.6 Å². The summed E-state index contributed by atoms with van der Waals surface area (Å²) in [6, 6.07) is 5.95. The molecule has 1 amide bonds. The molecule has 0 bridgehead atoms. The third-order valence-electron chi connectivity index (χ3n) is 3.18. The number of benzene rings is 1. The van der Waals surface area contributed by atoms with Crippen molar-refractivity contribution in [1.82, 2.24) is 10.6 Å². The third-order valence-corrected chi connectivity index (χ3v) is 3.18. The van der Waals surface area contributed by atoms with Gasteiger partial charge < -0.3 is 20.1 Å². The van der Waals surface area contributed by atoms with Gasteiger partial charge in [-0.05, 0) is 37.1 Å². The van der Waals surface area contributed by atoms with Crippen LogP contribution in [0.2, 0.25) is 0 Å². The Morgan fingerprint density at radius 2 is 1.86 bits per heavy atom. The molecule has 0 atom stereocenters. The molecule has 1 aromatic carbocycles. The van der Waals surface area contributed by atoms with Crippen molar-refractivity contribution < 1.29 is 14.3 Å². The molecule has 0 saturated heterocycles. The van der Waals surface area contributed by atoms with Gasteiger partial charge in [-0.2, -0.15) is 0 Å². The van der Waals surface area contributed by atoms with Crippen LogP contribution in [0.15, 0.2) is 18.2 Å². The van der Waals surface area contributed by atoms with Crippen LogP contribution in [0.1, 0.15) is 17.5 Å². The number of aryl methyl sites for hydroxylation is 2. The molecule has 22 heavy (non-hydrogen) atoms. The maximum absolute atomic E-state index is 11.6. The first-order chi connectivity index (χ1) is 10.1. The first-order valence-electron chi connectivity index (χ1n) is 7.30. The molecular formula is C16H27ClN2O3. The monoisotopic (exact) mass is 330 g/mol. The molecule has 0 spiro atoms. The van der Waals surface area contributed by atoms with Crippen LogP contribution in [0.3, 0.4) is 0 Å². The summed E-state index contributed by atoms with van der Waals surface area (Å²) in [6.07, 6.45) is 0.366. The zero-order valence-electron chi connectivity index (χ0n) is 13.6. The van der Waals surface area contributed by atoms with Gasteiger partial charge in [-0.1, -0.05) is 6.07 Å². The van der Waals surface area contributed by atoms with E-state index in [4.69, 9.17) is 9.47 Å². The number of carbonyl (C=O) groups is 1. The van der Waals surface area contributed by atoms with E-state index in [2.05, 4.69) is 17.6 Å². The van der Waals surface area contributed by atoms with E-state index < -0.39 is 0 Å². The fraction of sp³-hybridized carbons (Fsp3) is 0.562. The largest absolute Gasteiger partial charge is 0.493 e. The molecule has 0 heterocycles. The smallest absolute Gasteiger partial charge is 0.223 e. The van der Waals surface area contributed by atoms with Crippen molar-refractivity contribution in [2.75, 3.05) is 40.0 Å². The third kappa shape index (κ3) is 8.87. The maximum atomic E-state index is 11.6. The lowest BCUT2D eigenvalue weighted by atomic mass is 10.1. The molecule has 0 aliphatic rings. The van der Waals surface area contributed by atoms with Crippen LogP contribution < -0.4 is 15.4 Å². The van der Waals surface area contributed by atoms with E-state index in [-0.39, 0.29) is 18.3 Å². The van der Waals surface area contributed by atoms with E-state index >= 15 is 0 Å². The zero-order valence-corrected chi connectivity index (χ0v) is 14.4. The minimum atomic E-state index is 0. The van der Waals surface area contributed by atoms with Crippen LogP contribution in [0.25, 0.3) is 0 Å². The van der Waals surface area contributed by atoms with E-state index in [0.29, 0.717) is 26.2 Å². The molecule has 0 aliphatic carbocycles. The summed E-state index contributed by atoms with van der Waals surface area (Å²) in [5, 5.41) is 6.01. The van der Waals surface area contributed by atoms with E-state index in [1.807, 2.05) is 25.1 Å². The summed E-state index contributed by atoms with van der Waals surface area (Å²) in [7, 11) is 1.67. The zero-order chi connectivity index (χ0) is 15.5. The normalized spacial score (nSPS) is 9.95. The Labute approximate surface area is 139 Å². The molecule has 0 fully saturated rings. The second-order valence-corrected chi connectivity index (χ2v) is 4.94. The van der Waals surface area contributed by atoms with Crippen molar-refractivity contribution in [2.45, 2.75) is 20.3 Å². The summed E-state index contributed by atoms with van der Waals surface area (Å²) in [5.41, 5.74) is 2.43. The Kier molecular flexibility index (Phi) is 11.5. The van der Waals surface area contributed by atoms with Gasteiger partial charge in [0.25, 0.3) is 0 Å². The summed E-state index contributed by atoms with van der Waals surface area (Å²) in [4.78, 5) is 11.6. The molecule has 6 heteroatoms. The Morgan fingerprint density at radius 1 is 1.09 bits per heavy atom. The van der Waals surface area contributed by atoms with Gasteiger partial charge in [0.15, 0.2) is 0 Å². The SMILES string of the molecule is COCCNCCNC(=O)CCOc1ccc(C)c(C)c1.Cl. The quantitative estimate of drug-likeness (QED) is 0.643. The molecule has 2 N–H and O–H groups in total. The van der Waals surface area contributed by atoms with Crippen molar-refractivity contribution in [1.29, 1.82) is 0 Å². The van der Waals surface area contributed by atoms with Crippen molar-refractivity contribution in [3.05, 3.63) is 29.3 Å². The molecule has 0 radical (unpaired) electrons. The summed E-state index contributed by atoms with van der Waals surface area (Å²) < 4.78 is 10.5. The number of carbonyl (C=O) groups excluding carboxylic acids is 1. The minimum Gasteiger partial charge on any atom is -0.493 e. The Morgan fingerprint density at radius 3 is 2.55 bits per heavy atom. The minimum absolute atomic E-state index is 0. The van der Waals surface area contributed by atoms with Gasteiger partial charge in [0.05, 0.1) is 19.6 Å². The predicted molar refractivity (Wildman–Crippen MR) is 91.0 cm³/mol. The standard InChI is InChI=1S/C16H26N2O3.ClH/c1-13-4-5-15(12-14(13)2)21-10-6-16(19)18-8-7-17-9-11-20-3;/h4-5,12,17H,6-11H2,1-3H3,(H,18,19);1H. The molecule has 5 nitrogen and oxygen atoms in total. The molecular weight excluding hydrogens is 304 g/mol.